The van der Waals surface area contributed by atoms with Gasteiger partial charge in [0.05, 0.1) is 12.6 Å². The standard InChI is InChI=1S/C23H31FN4O2.HI/c1-3-25-23(26-13-5-7-15-27-14-6-4-8-22(27)29)28-16-18(2)30-21(17-28)19-9-11-20(24)12-10-19;/h4,6,8-12,14,18,21H,3,5,7,13,15-17H2,1-2H3,(H,25,26);1H. The van der Waals surface area contributed by atoms with Gasteiger partial charge in [-0.1, -0.05) is 18.2 Å². The zero-order chi connectivity index (χ0) is 21.3. The highest BCUT2D eigenvalue weighted by Crippen LogP contribution is 2.25. The van der Waals surface area contributed by atoms with Gasteiger partial charge >= 0.3 is 0 Å². The Hall–Kier alpha value is -1.94. The third-order valence-electron chi connectivity index (χ3n) is 5.10. The fourth-order valence-corrected chi connectivity index (χ4v) is 3.64. The van der Waals surface area contributed by atoms with Crippen molar-refractivity contribution < 1.29 is 9.13 Å². The number of aryl methyl sites for hydroxylation is 1. The molecule has 1 aliphatic rings. The molecule has 2 aromatic rings. The number of nitrogens with zero attached hydrogens (tertiary/aromatic N) is 3. The fraction of sp³-hybridized carbons (Fsp3) is 0.478. The Morgan fingerprint density at radius 3 is 2.68 bits per heavy atom. The molecule has 0 radical (unpaired) electrons. The molecule has 31 heavy (non-hydrogen) atoms. The van der Waals surface area contributed by atoms with Crippen LogP contribution in [0.25, 0.3) is 0 Å². The molecule has 1 aromatic heterocycles. The topological polar surface area (TPSA) is 58.9 Å². The first-order chi connectivity index (χ1) is 14.6. The number of morpholine rings is 1. The van der Waals surface area contributed by atoms with Crippen molar-refractivity contribution in [3.05, 3.63) is 70.4 Å². The first-order valence-electron chi connectivity index (χ1n) is 10.7. The number of aliphatic imine (C=N–C) groups is 1. The largest absolute Gasteiger partial charge is 0.367 e. The Morgan fingerprint density at radius 2 is 1.97 bits per heavy atom. The highest BCUT2D eigenvalue weighted by molar-refractivity contribution is 14.0. The molecular formula is C23H32FIN4O2. The van der Waals surface area contributed by atoms with Gasteiger partial charge in [0, 0.05) is 38.4 Å². The molecule has 0 saturated carbocycles. The molecule has 170 valence electrons. The van der Waals surface area contributed by atoms with Crippen LogP contribution in [0.3, 0.4) is 0 Å². The van der Waals surface area contributed by atoms with Crippen molar-refractivity contribution in [3.63, 3.8) is 0 Å². The van der Waals surface area contributed by atoms with E-state index in [2.05, 4.69) is 17.1 Å². The van der Waals surface area contributed by atoms with Crippen LogP contribution in [-0.4, -0.2) is 47.7 Å². The number of guanidine groups is 1. The molecule has 0 spiro atoms. The lowest BCUT2D eigenvalue weighted by Gasteiger charge is -2.38. The van der Waals surface area contributed by atoms with Crippen LogP contribution >= 0.6 is 24.0 Å². The van der Waals surface area contributed by atoms with Gasteiger partial charge in [0.2, 0.25) is 5.56 Å². The van der Waals surface area contributed by atoms with Gasteiger partial charge in [0.25, 0.3) is 0 Å². The zero-order valence-corrected chi connectivity index (χ0v) is 20.5. The van der Waals surface area contributed by atoms with Gasteiger partial charge in [-0.3, -0.25) is 9.79 Å². The number of benzene rings is 1. The van der Waals surface area contributed by atoms with Gasteiger partial charge in [0.15, 0.2) is 5.96 Å². The highest BCUT2D eigenvalue weighted by atomic mass is 127. The fourth-order valence-electron chi connectivity index (χ4n) is 3.64. The average molecular weight is 542 g/mol. The molecule has 1 aromatic carbocycles. The molecule has 2 atom stereocenters. The van der Waals surface area contributed by atoms with E-state index in [-0.39, 0.29) is 47.6 Å². The van der Waals surface area contributed by atoms with Crippen LogP contribution in [0, 0.1) is 5.82 Å². The summed E-state index contributed by atoms with van der Waals surface area (Å²) in [6.07, 6.45) is 3.54. The van der Waals surface area contributed by atoms with Crippen LogP contribution in [-0.2, 0) is 11.3 Å². The minimum Gasteiger partial charge on any atom is -0.367 e. The third kappa shape index (κ3) is 7.60. The molecule has 3 rings (SSSR count). The summed E-state index contributed by atoms with van der Waals surface area (Å²) in [5.74, 6) is 0.628. The van der Waals surface area contributed by atoms with Crippen molar-refractivity contribution in [2.75, 3.05) is 26.2 Å². The molecule has 8 heteroatoms. The van der Waals surface area contributed by atoms with Crippen LogP contribution in [0.15, 0.2) is 58.4 Å². The second-order valence-electron chi connectivity index (χ2n) is 7.57. The summed E-state index contributed by atoms with van der Waals surface area (Å²) in [4.78, 5) is 18.8. The summed E-state index contributed by atoms with van der Waals surface area (Å²) in [7, 11) is 0. The molecule has 2 heterocycles. The lowest BCUT2D eigenvalue weighted by atomic mass is 10.1. The number of hydrogen-bond acceptors (Lipinski definition) is 3. The van der Waals surface area contributed by atoms with Gasteiger partial charge < -0.3 is 19.5 Å². The molecule has 2 unspecified atom stereocenters. The summed E-state index contributed by atoms with van der Waals surface area (Å²) in [5.41, 5.74) is 1.00. The summed E-state index contributed by atoms with van der Waals surface area (Å²) in [6, 6.07) is 11.7. The second kappa shape index (κ2) is 12.8. The van der Waals surface area contributed by atoms with Gasteiger partial charge in [-0.05, 0) is 50.5 Å². The Morgan fingerprint density at radius 1 is 1.19 bits per heavy atom. The van der Waals surface area contributed by atoms with Gasteiger partial charge in [-0.25, -0.2) is 4.39 Å². The summed E-state index contributed by atoms with van der Waals surface area (Å²) < 4.78 is 21.1. The van der Waals surface area contributed by atoms with Crippen LogP contribution in [0.2, 0.25) is 0 Å². The maximum absolute atomic E-state index is 13.3. The van der Waals surface area contributed by atoms with Crippen molar-refractivity contribution in [3.8, 4) is 0 Å². The zero-order valence-electron chi connectivity index (χ0n) is 18.2. The molecule has 1 saturated heterocycles. The monoisotopic (exact) mass is 542 g/mol. The number of hydrogen-bond donors (Lipinski definition) is 1. The molecule has 0 amide bonds. The van der Waals surface area contributed by atoms with E-state index in [0.717, 1.165) is 37.5 Å². The predicted octanol–water partition coefficient (Wildman–Crippen LogP) is 3.81. The third-order valence-corrected chi connectivity index (χ3v) is 5.10. The first kappa shape index (κ1) is 25.3. The van der Waals surface area contributed by atoms with Gasteiger partial charge in [0.1, 0.15) is 11.9 Å². The van der Waals surface area contributed by atoms with Gasteiger partial charge in [-0.15, -0.1) is 24.0 Å². The SMILES string of the molecule is CCNC(=NCCCCn1ccccc1=O)N1CC(C)OC(c2ccc(F)cc2)C1.I. The molecular weight excluding hydrogens is 510 g/mol. The summed E-state index contributed by atoms with van der Waals surface area (Å²) >= 11 is 0. The average Bonchev–Trinajstić information content (AvgIpc) is 2.74. The van der Waals surface area contributed by atoms with E-state index >= 15 is 0 Å². The first-order valence-corrected chi connectivity index (χ1v) is 10.7. The van der Waals surface area contributed by atoms with Gasteiger partial charge in [-0.2, -0.15) is 0 Å². The van der Waals surface area contributed by atoms with E-state index in [4.69, 9.17) is 9.73 Å². The molecule has 1 fully saturated rings. The summed E-state index contributed by atoms with van der Waals surface area (Å²) in [5, 5.41) is 3.38. The van der Waals surface area contributed by atoms with Crippen molar-refractivity contribution in [2.45, 2.75) is 45.4 Å². The normalized spacial score (nSPS) is 19.1. The number of nitrogens with one attached hydrogen (secondary N) is 1. The number of halogens is 2. The Bertz CT molecular complexity index is 888. The lowest BCUT2D eigenvalue weighted by Crippen LogP contribution is -2.50. The second-order valence-corrected chi connectivity index (χ2v) is 7.57. The van der Waals surface area contributed by atoms with Crippen LogP contribution in [0.5, 0.6) is 0 Å². The Kier molecular flexibility index (Phi) is 10.5. The van der Waals surface area contributed by atoms with E-state index in [1.807, 2.05) is 19.2 Å². The molecule has 1 aliphatic heterocycles. The lowest BCUT2D eigenvalue weighted by molar-refractivity contribution is -0.0605. The van der Waals surface area contributed by atoms with E-state index < -0.39 is 0 Å². The smallest absolute Gasteiger partial charge is 0.250 e. The maximum Gasteiger partial charge on any atom is 0.250 e. The van der Waals surface area contributed by atoms with Crippen molar-refractivity contribution in [1.29, 1.82) is 0 Å². The van der Waals surface area contributed by atoms with Crippen molar-refractivity contribution in [2.24, 2.45) is 4.99 Å². The Balaban J connectivity index is 0.00000341. The molecule has 0 aliphatic carbocycles. The van der Waals surface area contributed by atoms with Crippen molar-refractivity contribution in [1.82, 2.24) is 14.8 Å². The van der Waals surface area contributed by atoms with Crippen LogP contribution in [0.1, 0.15) is 38.4 Å². The Labute approximate surface area is 200 Å². The molecule has 1 N–H and O–H groups in total. The quantitative estimate of drug-likeness (QED) is 0.250. The number of ether oxygens (including phenoxy) is 1. The predicted molar refractivity (Wildman–Crippen MR) is 133 cm³/mol. The van der Waals surface area contributed by atoms with E-state index in [1.165, 1.54) is 12.1 Å². The highest BCUT2D eigenvalue weighted by Gasteiger charge is 2.28. The van der Waals surface area contributed by atoms with Crippen molar-refractivity contribution >= 4 is 29.9 Å². The number of aromatic nitrogens is 1. The molecule has 6 nitrogen and oxygen atoms in total. The number of rotatable bonds is 7. The number of pyridine rings is 1. The minimum absolute atomic E-state index is 0. The van der Waals surface area contributed by atoms with E-state index in [0.29, 0.717) is 19.6 Å². The van der Waals surface area contributed by atoms with E-state index in [1.54, 1.807) is 28.8 Å². The molecule has 0 bridgehead atoms. The van der Waals surface area contributed by atoms with Crippen LogP contribution < -0.4 is 10.9 Å². The van der Waals surface area contributed by atoms with E-state index in [9.17, 15) is 9.18 Å². The number of unbranched alkanes of at least 4 members (excludes halogenated alkanes) is 1. The summed E-state index contributed by atoms with van der Waals surface area (Å²) in [6.45, 7) is 7.70. The van der Waals surface area contributed by atoms with Crippen LogP contribution in [0.4, 0.5) is 4.39 Å². The maximum atomic E-state index is 13.3. The minimum atomic E-state index is -0.243.